The van der Waals surface area contributed by atoms with Gasteiger partial charge in [0.1, 0.15) is 5.75 Å². The van der Waals surface area contributed by atoms with E-state index in [9.17, 15) is 0 Å². The standard InChI is InChI=1S/C10H12N4O2/c1-15-8-3-2-6(4-7(8)12)10-13-9(5-11)16-14-10/h2-4H,5,11-12H2,1H3. The van der Waals surface area contributed by atoms with E-state index in [1.54, 1.807) is 25.3 Å². The molecule has 84 valence electrons. The lowest BCUT2D eigenvalue weighted by Crippen LogP contribution is -1.96. The molecule has 0 aliphatic rings. The van der Waals surface area contributed by atoms with Gasteiger partial charge in [0, 0.05) is 5.56 Å². The Labute approximate surface area is 92.2 Å². The third-order valence-corrected chi connectivity index (χ3v) is 2.13. The highest BCUT2D eigenvalue weighted by Gasteiger charge is 2.09. The van der Waals surface area contributed by atoms with Crippen molar-refractivity contribution >= 4 is 5.69 Å². The van der Waals surface area contributed by atoms with Crippen LogP contribution in [0.2, 0.25) is 0 Å². The molecule has 0 atom stereocenters. The number of aromatic nitrogens is 2. The Balaban J connectivity index is 2.37. The molecular weight excluding hydrogens is 208 g/mol. The number of hydrogen-bond donors (Lipinski definition) is 2. The molecule has 6 nitrogen and oxygen atoms in total. The molecule has 1 aromatic heterocycles. The monoisotopic (exact) mass is 220 g/mol. The van der Waals surface area contributed by atoms with E-state index >= 15 is 0 Å². The second-order valence-corrected chi connectivity index (χ2v) is 3.17. The quantitative estimate of drug-likeness (QED) is 0.741. The Morgan fingerprint density at radius 3 is 2.81 bits per heavy atom. The van der Waals surface area contributed by atoms with E-state index < -0.39 is 0 Å². The summed E-state index contributed by atoms with van der Waals surface area (Å²) in [5.41, 5.74) is 12.4. The van der Waals surface area contributed by atoms with Crippen LogP contribution in [0.5, 0.6) is 5.75 Å². The molecule has 0 fully saturated rings. The molecule has 16 heavy (non-hydrogen) atoms. The zero-order valence-electron chi connectivity index (χ0n) is 8.80. The van der Waals surface area contributed by atoms with E-state index in [1.807, 2.05) is 0 Å². The third-order valence-electron chi connectivity index (χ3n) is 2.13. The first-order valence-electron chi connectivity index (χ1n) is 4.71. The highest BCUT2D eigenvalue weighted by Crippen LogP contribution is 2.26. The van der Waals surface area contributed by atoms with Crippen molar-refractivity contribution in [3.63, 3.8) is 0 Å². The van der Waals surface area contributed by atoms with Gasteiger partial charge in [0.2, 0.25) is 11.7 Å². The Kier molecular flexibility index (Phi) is 2.74. The van der Waals surface area contributed by atoms with E-state index in [0.717, 1.165) is 5.56 Å². The minimum absolute atomic E-state index is 0.221. The maximum absolute atomic E-state index is 5.77. The summed E-state index contributed by atoms with van der Waals surface area (Å²) in [6.45, 7) is 0.221. The lowest BCUT2D eigenvalue weighted by atomic mass is 10.2. The lowest BCUT2D eigenvalue weighted by Gasteiger charge is -2.04. The van der Waals surface area contributed by atoms with Crippen molar-refractivity contribution in [2.75, 3.05) is 12.8 Å². The largest absolute Gasteiger partial charge is 0.495 e. The van der Waals surface area contributed by atoms with Gasteiger partial charge in [-0.1, -0.05) is 5.16 Å². The minimum Gasteiger partial charge on any atom is -0.495 e. The van der Waals surface area contributed by atoms with Gasteiger partial charge in [-0.2, -0.15) is 4.98 Å². The van der Waals surface area contributed by atoms with Crippen LogP contribution in [0.3, 0.4) is 0 Å². The Morgan fingerprint density at radius 1 is 1.44 bits per heavy atom. The molecule has 2 rings (SSSR count). The first-order valence-corrected chi connectivity index (χ1v) is 4.71. The van der Waals surface area contributed by atoms with Crippen molar-refractivity contribution in [2.24, 2.45) is 5.73 Å². The van der Waals surface area contributed by atoms with Crippen molar-refractivity contribution in [2.45, 2.75) is 6.54 Å². The smallest absolute Gasteiger partial charge is 0.240 e. The predicted molar refractivity (Wildman–Crippen MR) is 58.6 cm³/mol. The Bertz CT molecular complexity index is 495. The summed E-state index contributed by atoms with van der Waals surface area (Å²) < 4.78 is 9.96. The summed E-state index contributed by atoms with van der Waals surface area (Å²) in [6, 6.07) is 5.29. The number of methoxy groups -OCH3 is 1. The topological polar surface area (TPSA) is 100 Å². The summed E-state index contributed by atoms with van der Waals surface area (Å²) in [4.78, 5) is 4.10. The molecule has 0 spiro atoms. The van der Waals surface area contributed by atoms with Gasteiger partial charge in [0.15, 0.2) is 0 Å². The van der Waals surface area contributed by atoms with E-state index in [2.05, 4.69) is 10.1 Å². The molecule has 0 unspecified atom stereocenters. The minimum atomic E-state index is 0.221. The van der Waals surface area contributed by atoms with E-state index in [4.69, 9.17) is 20.7 Å². The average Bonchev–Trinajstić information content (AvgIpc) is 2.77. The molecule has 2 aromatic rings. The second kappa shape index (κ2) is 4.19. The maximum Gasteiger partial charge on any atom is 0.240 e. The fraction of sp³-hybridized carbons (Fsp3) is 0.200. The van der Waals surface area contributed by atoms with Crippen molar-refractivity contribution < 1.29 is 9.26 Å². The number of ether oxygens (including phenoxy) is 1. The Morgan fingerprint density at radius 2 is 2.25 bits per heavy atom. The number of anilines is 1. The van der Waals surface area contributed by atoms with Crippen LogP contribution in [0.25, 0.3) is 11.4 Å². The molecule has 0 amide bonds. The maximum atomic E-state index is 5.77. The first-order chi connectivity index (χ1) is 7.74. The van der Waals surface area contributed by atoms with Gasteiger partial charge in [-0.05, 0) is 18.2 Å². The summed E-state index contributed by atoms with van der Waals surface area (Å²) in [6.07, 6.45) is 0. The number of nitrogens with zero attached hydrogens (tertiary/aromatic N) is 2. The molecule has 1 heterocycles. The van der Waals surface area contributed by atoms with Crippen molar-refractivity contribution in [1.29, 1.82) is 0 Å². The zero-order valence-corrected chi connectivity index (χ0v) is 8.80. The highest BCUT2D eigenvalue weighted by atomic mass is 16.5. The number of hydrogen-bond acceptors (Lipinski definition) is 6. The van der Waals surface area contributed by atoms with Gasteiger partial charge in [0.05, 0.1) is 19.3 Å². The third kappa shape index (κ3) is 1.82. The van der Waals surface area contributed by atoms with Gasteiger partial charge in [-0.25, -0.2) is 0 Å². The Hall–Kier alpha value is -2.08. The van der Waals surface area contributed by atoms with Crippen LogP contribution in [-0.4, -0.2) is 17.3 Å². The molecule has 4 N–H and O–H groups in total. The molecule has 0 bridgehead atoms. The molecule has 0 saturated heterocycles. The van der Waals surface area contributed by atoms with Crippen LogP contribution in [0.4, 0.5) is 5.69 Å². The summed E-state index contributed by atoms with van der Waals surface area (Å²) in [5.74, 6) is 1.48. The molecule has 0 saturated carbocycles. The van der Waals surface area contributed by atoms with Gasteiger partial charge >= 0.3 is 0 Å². The van der Waals surface area contributed by atoms with E-state index in [0.29, 0.717) is 23.2 Å². The van der Waals surface area contributed by atoms with Crippen molar-refractivity contribution in [3.05, 3.63) is 24.1 Å². The van der Waals surface area contributed by atoms with Crippen LogP contribution >= 0.6 is 0 Å². The zero-order chi connectivity index (χ0) is 11.5. The van der Waals surface area contributed by atoms with E-state index in [1.165, 1.54) is 0 Å². The fourth-order valence-corrected chi connectivity index (χ4v) is 1.33. The normalized spacial score (nSPS) is 10.4. The van der Waals surface area contributed by atoms with E-state index in [-0.39, 0.29) is 6.54 Å². The molecule has 0 aliphatic heterocycles. The SMILES string of the molecule is COc1ccc(-c2noc(CN)n2)cc1N. The van der Waals surface area contributed by atoms with Crippen LogP contribution in [0, 0.1) is 0 Å². The van der Waals surface area contributed by atoms with Crippen LogP contribution in [0.15, 0.2) is 22.7 Å². The summed E-state index contributed by atoms with van der Waals surface area (Å²) >= 11 is 0. The fourth-order valence-electron chi connectivity index (χ4n) is 1.33. The number of rotatable bonds is 3. The first kappa shape index (κ1) is 10.4. The molecule has 0 aliphatic carbocycles. The summed E-state index contributed by atoms with van der Waals surface area (Å²) in [5, 5.41) is 3.79. The van der Waals surface area contributed by atoms with Crippen LogP contribution < -0.4 is 16.2 Å². The predicted octanol–water partition coefficient (Wildman–Crippen LogP) is 0.786. The van der Waals surface area contributed by atoms with Crippen LogP contribution in [0.1, 0.15) is 5.89 Å². The van der Waals surface area contributed by atoms with Crippen molar-refractivity contribution in [1.82, 2.24) is 10.1 Å². The lowest BCUT2D eigenvalue weighted by molar-refractivity contribution is 0.380. The van der Waals surface area contributed by atoms with Gasteiger partial charge in [-0.3, -0.25) is 0 Å². The van der Waals surface area contributed by atoms with Gasteiger partial charge in [0.25, 0.3) is 0 Å². The van der Waals surface area contributed by atoms with Gasteiger partial charge < -0.3 is 20.7 Å². The molecular formula is C10H12N4O2. The van der Waals surface area contributed by atoms with Gasteiger partial charge in [-0.15, -0.1) is 0 Å². The number of nitrogens with two attached hydrogens (primary N) is 2. The number of nitrogen functional groups attached to an aromatic ring is 1. The van der Waals surface area contributed by atoms with Crippen LogP contribution in [-0.2, 0) is 6.54 Å². The molecule has 1 aromatic carbocycles. The van der Waals surface area contributed by atoms with Crippen molar-refractivity contribution in [3.8, 4) is 17.1 Å². The summed E-state index contributed by atoms with van der Waals surface area (Å²) in [7, 11) is 1.56. The average molecular weight is 220 g/mol. The molecule has 6 heteroatoms. The second-order valence-electron chi connectivity index (χ2n) is 3.17. The number of benzene rings is 1. The highest BCUT2D eigenvalue weighted by molar-refractivity contribution is 5.65. The molecule has 0 radical (unpaired) electrons.